The Morgan fingerprint density at radius 2 is 1.83 bits per heavy atom. The number of rotatable bonds is 5. The number of benzene rings is 2. The number of ketones is 1. The standard InChI is InChI=1S/C19H14FNO2S/c1-23-17-9-4-13(5-10-17)18(22)11-8-16-12-24-19(21-16)14-2-6-15(20)7-3-14/h2-12H,1H3/b11-8+. The fraction of sp³-hybridized carbons (Fsp3) is 0.0526. The lowest BCUT2D eigenvalue weighted by Gasteiger charge is -1.99. The number of carbonyl (C=O) groups is 1. The SMILES string of the molecule is COc1ccc(C(=O)/C=C/c2csc(-c3ccc(F)cc3)n2)cc1. The summed E-state index contributed by atoms with van der Waals surface area (Å²) in [5, 5.41) is 2.64. The molecule has 120 valence electrons. The van der Waals surface area contributed by atoms with Crippen molar-refractivity contribution in [3.8, 4) is 16.3 Å². The van der Waals surface area contributed by atoms with Crippen molar-refractivity contribution in [2.24, 2.45) is 0 Å². The van der Waals surface area contributed by atoms with Crippen LogP contribution < -0.4 is 4.74 Å². The first-order valence-electron chi connectivity index (χ1n) is 7.23. The monoisotopic (exact) mass is 339 g/mol. The molecular formula is C19H14FNO2S. The molecule has 0 N–H and O–H groups in total. The van der Waals surface area contributed by atoms with E-state index in [1.54, 1.807) is 49.6 Å². The Morgan fingerprint density at radius 3 is 2.50 bits per heavy atom. The second-order valence-electron chi connectivity index (χ2n) is 5.01. The zero-order valence-electron chi connectivity index (χ0n) is 12.9. The number of hydrogen-bond acceptors (Lipinski definition) is 4. The molecule has 1 aromatic heterocycles. The average molecular weight is 339 g/mol. The Kier molecular flexibility index (Phi) is 4.82. The zero-order valence-corrected chi connectivity index (χ0v) is 13.7. The first-order chi connectivity index (χ1) is 11.7. The number of nitrogens with zero attached hydrogens (tertiary/aromatic N) is 1. The van der Waals surface area contributed by atoms with Crippen molar-refractivity contribution in [2.75, 3.05) is 7.11 Å². The molecule has 0 aliphatic heterocycles. The number of carbonyl (C=O) groups excluding carboxylic acids is 1. The maximum absolute atomic E-state index is 13.0. The topological polar surface area (TPSA) is 39.2 Å². The van der Waals surface area contributed by atoms with Crippen molar-refractivity contribution in [3.63, 3.8) is 0 Å². The number of ether oxygens (including phenoxy) is 1. The summed E-state index contributed by atoms with van der Waals surface area (Å²) in [5.41, 5.74) is 2.13. The van der Waals surface area contributed by atoms with E-state index in [4.69, 9.17) is 4.74 Å². The van der Waals surface area contributed by atoms with Crippen LogP contribution in [0.1, 0.15) is 16.1 Å². The molecule has 24 heavy (non-hydrogen) atoms. The molecule has 0 fully saturated rings. The van der Waals surface area contributed by atoms with Crippen molar-refractivity contribution in [3.05, 3.63) is 77.1 Å². The van der Waals surface area contributed by atoms with Crippen LogP contribution in [0.2, 0.25) is 0 Å². The lowest BCUT2D eigenvalue weighted by atomic mass is 10.1. The molecule has 3 rings (SSSR count). The molecule has 0 aliphatic carbocycles. The molecule has 0 saturated heterocycles. The van der Waals surface area contributed by atoms with Gasteiger partial charge >= 0.3 is 0 Å². The quantitative estimate of drug-likeness (QED) is 0.492. The summed E-state index contributed by atoms with van der Waals surface area (Å²) < 4.78 is 18.0. The molecule has 0 aliphatic rings. The minimum absolute atomic E-state index is 0.103. The van der Waals surface area contributed by atoms with Gasteiger partial charge in [0.15, 0.2) is 5.78 Å². The third-order valence-electron chi connectivity index (χ3n) is 3.39. The van der Waals surface area contributed by atoms with Crippen molar-refractivity contribution < 1.29 is 13.9 Å². The number of aromatic nitrogens is 1. The molecule has 0 radical (unpaired) electrons. The molecule has 0 bridgehead atoms. The smallest absolute Gasteiger partial charge is 0.185 e. The lowest BCUT2D eigenvalue weighted by Crippen LogP contribution is -1.94. The van der Waals surface area contributed by atoms with Gasteiger partial charge in [0.1, 0.15) is 16.6 Å². The minimum atomic E-state index is -0.277. The van der Waals surface area contributed by atoms with E-state index in [1.807, 2.05) is 5.38 Å². The molecule has 0 spiro atoms. The second kappa shape index (κ2) is 7.19. The maximum Gasteiger partial charge on any atom is 0.185 e. The Bertz CT molecular complexity index is 867. The molecule has 5 heteroatoms. The summed E-state index contributed by atoms with van der Waals surface area (Å²) in [5.74, 6) is 0.327. The molecule has 3 nitrogen and oxygen atoms in total. The van der Waals surface area contributed by atoms with Gasteiger partial charge in [-0.3, -0.25) is 4.79 Å². The van der Waals surface area contributed by atoms with E-state index < -0.39 is 0 Å². The lowest BCUT2D eigenvalue weighted by molar-refractivity contribution is 0.104. The van der Waals surface area contributed by atoms with E-state index in [2.05, 4.69) is 4.98 Å². The van der Waals surface area contributed by atoms with Gasteiger partial charge in [-0.05, 0) is 60.7 Å². The van der Waals surface area contributed by atoms with Crippen molar-refractivity contribution >= 4 is 23.2 Å². The van der Waals surface area contributed by atoms with E-state index in [0.717, 1.165) is 10.6 Å². The molecule has 1 heterocycles. The van der Waals surface area contributed by atoms with Crippen LogP contribution in [0.4, 0.5) is 4.39 Å². The first-order valence-corrected chi connectivity index (χ1v) is 8.11. The van der Waals surface area contributed by atoms with Gasteiger partial charge in [0.25, 0.3) is 0 Å². The molecular weight excluding hydrogens is 325 g/mol. The highest BCUT2D eigenvalue weighted by molar-refractivity contribution is 7.13. The van der Waals surface area contributed by atoms with Crippen LogP contribution in [0.5, 0.6) is 5.75 Å². The number of halogens is 1. The highest BCUT2D eigenvalue weighted by Crippen LogP contribution is 2.24. The summed E-state index contributed by atoms with van der Waals surface area (Å²) >= 11 is 1.45. The predicted octanol–water partition coefficient (Wildman–Crippen LogP) is 4.85. The maximum atomic E-state index is 13.0. The van der Waals surface area contributed by atoms with E-state index in [1.165, 1.54) is 29.5 Å². The van der Waals surface area contributed by atoms with Gasteiger partial charge in [0, 0.05) is 16.5 Å². The predicted molar refractivity (Wildman–Crippen MR) is 93.9 cm³/mol. The summed E-state index contributed by atoms with van der Waals surface area (Å²) in [6.45, 7) is 0. The van der Waals surface area contributed by atoms with Gasteiger partial charge in [0.2, 0.25) is 0 Å². The number of hydrogen-bond donors (Lipinski definition) is 0. The average Bonchev–Trinajstić information content (AvgIpc) is 3.09. The van der Waals surface area contributed by atoms with E-state index >= 15 is 0 Å². The van der Waals surface area contributed by atoms with Crippen LogP contribution in [0.3, 0.4) is 0 Å². The second-order valence-corrected chi connectivity index (χ2v) is 5.87. The third kappa shape index (κ3) is 3.75. The number of methoxy groups -OCH3 is 1. The Morgan fingerprint density at radius 1 is 1.12 bits per heavy atom. The van der Waals surface area contributed by atoms with Crippen LogP contribution in [0.25, 0.3) is 16.6 Å². The Labute approximate surface area is 143 Å². The molecule has 0 unspecified atom stereocenters. The van der Waals surface area contributed by atoms with Gasteiger partial charge in [0.05, 0.1) is 12.8 Å². The molecule has 2 aromatic carbocycles. The largest absolute Gasteiger partial charge is 0.497 e. The number of allylic oxidation sites excluding steroid dienone is 1. The van der Waals surface area contributed by atoms with Gasteiger partial charge < -0.3 is 4.74 Å². The van der Waals surface area contributed by atoms with Gasteiger partial charge in [-0.2, -0.15) is 0 Å². The van der Waals surface area contributed by atoms with E-state index in [0.29, 0.717) is 17.0 Å². The van der Waals surface area contributed by atoms with Crippen LogP contribution in [0.15, 0.2) is 60.0 Å². The zero-order chi connectivity index (χ0) is 16.9. The third-order valence-corrected chi connectivity index (χ3v) is 4.30. The van der Waals surface area contributed by atoms with Crippen LogP contribution >= 0.6 is 11.3 Å². The van der Waals surface area contributed by atoms with Crippen LogP contribution in [0, 0.1) is 5.82 Å². The van der Waals surface area contributed by atoms with Gasteiger partial charge in [-0.1, -0.05) is 0 Å². The summed E-state index contributed by atoms with van der Waals surface area (Å²) in [6, 6.07) is 13.1. The van der Waals surface area contributed by atoms with Crippen LogP contribution in [-0.4, -0.2) is 17.9 Å². The van der Waals surface area contributed by atoms with Gasteiger partial charge in [-0.25, -0.2) is 9.37 Å². The fourth-order valence-electron chi connectivity index (χ4n) is 2.10. The Hall–Kier alpha value is -2.79. The highest BCUT2D eigenvalue weighted by atomic mass is 32.1. The summed E-state index contributed by atoms with van der Waals surface area (Å²) in [4.78, 5) is 16.6. The summed E-state index contributed by atoms with van der Waals surface area (Å²) in [6.07, 6.45) is 3.17. The molecule has 0 saturated carbocycles. The van der Waals surface area contributed by atoms with Crippen molar-refractivity contribution in [1.29, 1.82) is 0 Å². The molecule has 3 aromatic rings. The fourth-order valence-corrected chi connectivity index (χ4v) is 2.89. The van der Waals surface area contributed by atoms with Crippen molar-refractivity contribution in [1.82, 2.24) is 4.98 Å². The van der Waals surface area contributed by atoms with E-state index in [9.17, 15) is 9.18 Å². The molecule has 0 amide bonds. The van der Waals surface area contributed by atoms with Crippen LogP contribution in [-0.2, 0) is 0 Å². The first kappa shape index (κ1) is 16.1. The van der Waals surface area contributed by atoms with Crippen molar-refractivity contribution in [2.45, 2.75) is 0 Å². The Balaban J connectivity index is 1.72. The van der Waals surface area contributed by atoms with E-state index in [-0.39, 0.29) is 11.6 Å². The normalized spacial score (nSPS) is 10.9. The van der Waals surface area contributed by atoms with Gasteiger partial charge in [-0.15, -0.1) is 11.3 Å². The summed E-state index contributed by atoms with van der Waals surface area (Å²) in [7, 11) is 1.58. The molecule has 0 atom stereocenters. The highest BCUT2D eigenvalue weighted by Gasteiger charge is 2.05. The number of thiazole rings is 1. The minimum Gasteiger partial charge on any atom is -0.497 e.